The third-order valence-electron chi connectivity index (χ3n) is 5.34. The summed E-state index contributed by atoms with van der Waals surface area (Å²) >= 11 is 0. The fraction of sp³-hybridized carbons (Fsp3) is 0.500. The number of rotatable bonds is 2. The first-order chi connectivity index (χ1) is 12.2. The summed E-state index contributed by atoms with van der Waals surface area (Å²) in [6, 6.07) is 3.76. The minimum atomic E-state index is -0.423. The van der Waals surface area contributed by atoms with E-state index in [4.69, 9.17) is 0 Å². The number of hydrogen-bond acceptors (Lipinski definition) is 4. The van der Waals surface area contributed by atoms with Gasteiger partial charge < -0.3 is 0 Å². The number of aromatic nitrogens is 4. The minimum absolute atomic E-state index is 0.109. The van der Waals surface area contributed by atoms with Crippen molar-refractivity contribution >= 4 is 11.8 Å². The molecule has 2 heterocycles. The summed E-state index contributed by atoms with van der Waals surface area (Å²) in [6.45, 7) is 11.6. The zero-order chi connectivity index (χ0) is 19.2. The Labute approximate surface area is 153 Å². The highest BCUT2D eigenvalue weighted by atomic mass is 16.2. The van der Waals surface area contributed by atoms with Crippen LogP contribution >= 0.6 is 0 Å². The Kier molecular flexibility index (Phi) is 4.69. The zero-order valence-corrected chi connectivity index (χ0v) is 16.3. The highest BCUT2D eigenvalue weighted by Gasteiger charge is 2.39. The number of nitrogens with zero attached hydrogens (tertiary/aromatic N) is 4. The van der Waals surface area contributed by atoms with Crippen LogP contribution in [-0.4, -0.2) is 31.4 Å². The largest absolute Gasteiger partial charge is 0.272 e. The van der Waals surface area contributed by atoms with Crippen LogP contribution in [0.5, 0.6) is 0 Å². The van der Waals surface area contributed by atoms with Crippen LogP contribution in [0.25, 0.3) is 0 Å². The zero-order valence-electron chi connectivity index (χ0n) is 16.3. The van der Waals surface area contributed by atoms with E-state index in [1.165, 1.54) is 20.5 Å². The molecule has 6 heteroatoms. The Morgan fingerprint density at radius 2 is 1.12 bits per heavy atom. The molecular formula is C20H26N4O2. The lowest BCUT2D eigenvalue weighted by Gasteiger charge is -2.31. The van der Waals surface area contributed by atoms with Crippen LogP contribution in [0.4, 0.5) is 0 Å². The average molecular weight is 354 g/mol. The first kappa shape index (κ1) is 18.3. The van der Waals surface area contributed by atoms with Crippen molar-refractivity contribution in [3.8, 4) is 0 Å². The van der Waals surface area contributed by atoms with Crippen LogP contribution in [0, 0.1) is 39.5 Å². The summed E-state index contributed by atoms with van der Waals surface area (Å²) in [5.74, 6) is -1.06. The van der Waals surface area contributed by atoms with Crippen molar-refractivity contribution in [1.29, 1.82) is 0 Å². The van der Waals surface area contributed by atoms with Crippen molar-refractivity contribution in [2.45, 2.75) is 54.4 Å². The van der Waals surface area contributed by atoms with Gasteiger partial charge in [0.25, 0.3) is 11.8 Å². The third kappa shape index (κ3) is 3.16. The Morgan fingerprint density at radius 3 is 1.38 bits per heavy atom. The molecule has 0 unspecified atom stereocenters. The summed E-state index contributed by atoms with van der Waals surface area (Å²) in [5.41, 5.74) is 5.57. The van der Waals surface area contributed by atoms with Crippen molar-refractivity contribution in [1.82, 2.24) is 19.6 Å². The van der Waals surface area contributed by atoms with Gasteiger partial charge in [-0.3, -0.25) is 9.59 Å². The van der Waals surface area contributed by atoms with E-state index in [9.17, 15) is 9.59 Å². The van der Waals surface area contributed by atoms with E-state index in [1.807, 2.05) is 53.7 Å². The van der Waals surface area contributed by atoms with Gasteiger partial charge in [-0.1, -0.05) is 11.1 Å². The quantitative estimate of drug-likeness (QED) is 0.772. The molecule has 2 atom stereocenters. The SMILES string of the molecule is CC1=C(C)C[C@@H](C(=O)n2nc(C)cc2C)[C@@H](C(=O)n2nc(C)cc2C)C1. The topological polar surface area (TPSA) is 69.8 Å². The molecule has 2 aromatic heterocycles. The normalized spacial score (nSPS) is 20.5. The standard InChI is InChI=1S/C20H26N4O2/c1-11-7-17(19(25)23-15(5)9-13(3)21-23)18(8-12(11)2)20(26)24-16(6)10-14(4)22-24/h9-10,17-18H,7-8H2,1-6H3/t17-,18+. The second kappa shape index (κ2) is 6.67. The molecule has 6 nitrogen and oxygen atoms in total. The molecule has 0 radical (unpaired) electrons. The van der Waals surface area contributed by atoms with Gasteiger partial charge in [0, 0.05) is 11.4 Å². The maximum absolute atomic E-state index is 13.2. The Bertz CT molecular complexity index is 842. The van der Waals surface area contributed by atoms with E-state index in [-0.39, 0.29) is 11.8 Å². The lowest BCUT2D eigenvalue weighted by molar-refractivity contribution is 0.0629. The van der Waals surface area contributed by atoms with Crippen molar-refractivity contribution in [2.24, 2.45) is 11.8 Å². The molecule has 0 bridgehead atoms. The predicted molar refractivity (Wildman–Crippen MR) is 99.2 cm³/mol. The lowest BCUT2D eigenvalue weighted by atomic mass is 9.75. The molecule has 0 aliphatic heterocycles. The van der Waals surface area contributed by atoms with Crippen molar-refractivity contribution < 1.29 is 9.59 Å². The summed E-state index contributed by atoms with van der Waals surface area (Å²) in [4.78, 5) is 26.4. The van der Waals surface area contributed by atoms with E-state index in [0.717, 1.165) is 22.8 Å². The van der Waals surface area contributed by atoms with E-state index in [0.29, 0.717) is 12.8 Å². The Morgan fingerprint density at radius 1 is 0.769 bits per heavy atom. The molecule has 138 valence electrons. The highest BCUT2D eigenvalue weighted by Crippen LogP contribution is 2.36. The van der Waals surface area contributed by atoms with Gasteiger partial charge in [0.05, 0.1) is 23.2 Å². The first-order valence-electron chi connectivity index (χ1n) is 8.99. The van der Waals surface area contributed by atoms with Crippen molar-refractivity contribution in [2.75, 3.05) is 0 Å². The fourth-order valence-electron chi connectivity index (χ4n) is 3.83. The van der Waals surface area contributed by atoms with E-state index < -0.39 is 11.8 Å². The smallest absolute Gasteiger partial charge is 0.251 e. The number of aryl methyl sites for hydroxylation is 4. The second-order valence-corrected chi connectivity index (χ2v) is 7.54. The Hall–Kier alpha value is -2.50. The van der Waals surface area contributed by atoms with Crippen LogP contribution in [-0.2, 0) is 0 Å². The van der Waals surface area contributed by atoms with Gasteiger partial charge in [-0.05, 0) is 66.5 Å². The fourth-order valence-corrected chi connectivity index (χ4v) is 3.83. The van der Waals surface area contributed by atoms with E-state index in [2.05, 4.69) is 10.2 Å². The van der Waals surface area contributed by atoms with E-state index in [1.54, 1.807) is 0 Å². The molecule has 0 amide bonds. The van der Waals surface area contributed by atoms with Crippen LogP contribution in [0.2, 0.25) is 0 Å². The van der Waals surface area contributed by atoms with Crippen molar-refractivity contribution in [3.05, 3.63) is 46.1 Å². The lowest BCUT2D eigenvalue weighted by Crippen LogP contribution is -2.39. The number of allylic oxidation sites excluding steroid dienone is 2. The van der Waals surface area contributed by atoms with Gasteiger partial charge >= 0.3 is 0 Å². The van der Waals surface area contributed by atoms with Gasteiger partial charge in [0.2, 0.25) is 0 Å². The number of hydrogen-bond donors (Lipinski definition) is 0. The summed E-state index contributed by atoms with van der Waals surface area (Å²) in [7, 11) is 0. The molecule has 0 saturated carbocycles. The molecule has 0 spiro atoms. The van der Waals surface area contributed by atoms with Gasteiger partial charge in [-0.25, -0.2) is 9.36 Å². The summed E-state index contributed by atoms with van der Waals surface area (Å²) < 4.78 is 2.91. The molecule has 26 heavy (non-hydrogen) atoms. The minimum Gasteiger partial charge on any atom is -0.272 e. The molecule has 0 saturated heterocycles. The van der Waals surface area contributed by atoms with Crippen LogP contribution in [0.3, 0.4) is 0 Å². The molecule has 0 aromatic carbocycles. The Balaban J connectivity index is 2.00. The average Bonchev–Trinajstić information content (AvgIpc) is 3.08. The number of carbonyl (C=O) groups is 2. The van der Waals surface area contributed by atoms with Gasteiger partial charge in [-0.15, -0.1) is 0 Å². The molecule has 1 aliphatic carbocycles. The monoisotopic (exact) mass is 354 g/mol. The van der Waals surface area contributed by atoms with Gasteiger partial charge in [0.1, 0.15) is 0 Å². The molecule has 2 aromatic rings. The van der Waals surface area contributed by atoms with Crippen LogP contribution < -0.4 is 0 Å². The van der Waals surface area contributed by atoms with E-state index >= 15 is 0 Å². The van der Waals surface area contributed by atoms with Crippen LogP contribution in [0.1, 0.15) is 59.1 Å². The second-order valence-electron chi connectivity index (χ2n) is 7.54. The molecule has 0 N–H and O–H groups in total. The van der Waals surface area contributed by atoms with Gasteiger partial charge in [0.15, 0.2) is 0 Å². The maximum atomic E-state index is 13.2. The summed E-state index contributed by atoms with van der Waals surface area (Å²) in [5, 5.41) is 8.67. The van der Waals surface area contributed by atoms with Crippen molar-refractivity contribution in [3.63, 3.8) is 0 Å². The highest BCUT2D eigenvalue weighted by molar-refractivity contribution is 5.90. The molecule has 0 fully saturated rings. The third-order valence-corrected chi connectivity index (χ3v) is 5.34. The maximum Gasteiger partial charge on any atom is 0.251 e. The van der Waals surface area contributed by atoms with Crippen LogP contribution in [0.15, 0.2) is 23.3 Å². The predicted octanol–water partition coefficient (Wildman–Crippen LogP) is 3.66. The first-order valence-corrected chi connectivity index (χ1v) is 8.99. The molecule has 1 aliphatic rings. The van der Waals surface area contributed by atoms with Gasteiger partial charge in [-0.2, -0.15) is 10.2 Å². The molecule has 3 rings (SSSR count). The summed E-state index contributed by atoms with van der Waals surface area (Å²) in [6.07, 6.45) is 1.16. The number of carbonyl (C=O) groups excluding carboxylic acids is 2. The molecular weight excluding hydrogens is 328 g/mol.